The Bertz CT molecular complexity index is 984. The van der Waals surface area contributed by atoms with Crippen LogP contribution in [-0.2, 0) is 24.8 Å². The zero-order chi connectivity index (χ0) is 20.1. The summed E-state index contributed by atoms with van der Waals surface area (Å²) in [6, 6.07) is 8.59. The Morgan fingerprint density at radius 1 is 1.17 bits per heavy atom. The van der Waals surface area contributed by atoms with Crippen molar-refractivity contribution < 1.29 is 0 Å². The first-order valence-corrected chi connectivity index (χ1v) is 10.2. The lowest BCUT2D eigenvalue weighted by atomic mass is 9.76. The van der Waals surface area contributed by atoms with E-state index in [-0.39, 0.29) is 0 Å². The summed E-state index contributed by atoms with van der Waals surface area (Å²) in [6.07, 6.45) is 10.3. The molecule has 0 amide bonds. The molecule has 0 saturated heterocycles. The predicted molar refractivity (Wildman–Crippen MR) is 111 cm³/mol. The van der Waals surface area contributed by atoms with E-state index < -0.39 is 5.41 Å². The Balaban J connectivity index is 1.59. The minimum atomic E-state index is -0.441. The summed E-state index contributed by atoms with van der Waals surface area (Å²) in [5, 5.41) is 19.5. The summed E-state index contributed by atoms with van der Waals surface area (Å²) < 4.78 is 2.07. The van der Waals surface area contributed by atoms with E-state index in [1.54, 1.807) is 6.20 Å². The Morgan fingerprint density at radius 2 is 2.03 bits per heavy atom. The van der Waals surface area contributed by atoms with Crippen LogP contribution in [0.25, 0.3) is 0 Å². The van der Waals surface area contributed by atoms with Crippen LogP contribution in [0.5, 0.6) is 0 Å². The molecule has 1 unspecified atom stereocenters. The summed E-state index contributed by atoms with van der Waals surface area (Å²) in [6.45, 7) is 5.21. The molecule has 1 atom stereocenters. The van der Waals surface area contributed by atoms with Gasteiger partial charge in [-0.2, -0.15) is 10.3 Å². The van der Waals surface area contributed by atoms with Crippen LogP contribution in [0, 0.1) is 0 Å². The van der Waals surface area contributed by atoms with Crippen molar-refractivity contribution in [1.29, 1.82) is 0 Å². The van der Waals surface area contributed by atoms with Crippen LogP contribution in [0.4, 0.5) is 0 Å². The number of nitrogens with zero attached hydrogens (tertiary/aromatic N) is 7. The summed E-state index contributed by atoms with van der Waals surface area (Å²) >= 11 is 0. The van der Waals surface area contributed by atoms with Crippen molar-refractivity contribution in [2.75, 3.05) is 0 Å². The highest BCUT2D eigenvalue weighted by Crippen LogP contribution is 2.36. The Labute approximate surface area is 170 Å². The van der Waals surface area contributed by atoms with E-state index in [1.807, 2.05) is 12.3 Å². The minimum Gasteiger partial charge on any atom is -0.269 e. The molecule has 0 radical (unpaired) electrons. The average molecular weight is 390 g/mol. The monoisotopic (exact) mass is 390 g/mol. The molecule has 29 heavy (non-hydrogen) atoms. The summed E-state index contributed by atoms with van der Waals surface area (Å²) in [7, 11) is 0. The largest absolute Gasteiger partial charge is 0.269 e. The first kappa shape index (κ1) is 19.2. The fraction of sp³-hybridized carbons (Fsp3) is 0.429. The SMILES string of the molecule is CCCCn1nc(CC)nc1Cc1ccc(C2(c3nn[nH]n3)C=CN=CC2)cc1. The third-order valence-corrected chi connectivity index (χ3v) is 5.37. The van der Waals surface area contributed by atoms with Crippen LogP contribution in [-0.4, -0.2) is 41.6 Å². The highest BCUT2D eigenvalue weighted by molar-refractivity contribution is 5.66. The van der Waals surface area contributed by atoms with Crippen LogP contribution >= 0.6 is 0 Å². The maximum absolute atomic E-state index is 4.73. The van der Waals surface area contributed by atoms with Crippen LogP contribution in [0.2, 0.25) is 0 Å². The molecule has 0 aliphatic carbocycles. The van der Waals surface area contributed by atoms with Crippen LogP contribution < -0.4 is 0 Å². The molecule has 0 spiro atoms. The predicted octanol–water partition coefficient (Wildman–Crippen LogP) is 3.02. The molecule has 1 aliphatic rings. The second-order valence-electron chi connectivity index (χ2n) is 7.31. The van der Waals surface area contributed by atoms with E-state index in [9.17, 15) is 0 Å². The molecule has 0 bridgehead atoms. The number of nitrogens with one attached hydrogen (secondary N) is 1. The average Bonchev–Trinajstić information content (AvgIpc) is 3.44. The van der Waals surface area contributed by atoms with Crippen molar-refractivity contribution in [3.8, 4) is 0 Å². The topological polar surface area (TPSA) is 97.5 Å². The number of aliphatic imine (C=N–C) groups is 1. The third-order valence-electron chi connectivity index (χ3n) is 5.37. The van der Waals surface area contributed by atoms with Crippen molar-refractivity contribution >= 4 is 6.21 Å². The van der Waals surface area contributed by atoms with E-state index in [0.717, 1.165) is 49.4 Å². The minimum absolute atomic E-state index is 0.441. The molecule has 8 nitrogen and oxygen atoms in total. The smallest absolute Gasteiger partial charge is 0.189 e. The molecule has 3 heterocycles. The number of benzene rings is 1. The van der Waals surface area contributed by atoms with Gasteiger partial charge >= 0.3 is 0 Å². The fourth-order valence-electron chi connectivity index (χ4n) is 3.65. The molecule has 4 rings (SSSR count). The number of aromatic amines is 1. The van der Waals surface area contributed by atoms with Crippen molar-refractivity contribution in [2.45, 2.75) is 57.9 Å². The van der Waals surface area contributed by atoms with Crippen molar-refractivity contribution in [3.05, 3.63) is 65.1 Å². The second kappa shape index (κ2) is 8.46. The number of H-pyrrole nitrogens is 1. The van der Waals surface area contributed by atoms with Gasteiger partial charge in [0.15, 0.2) is 11.6 Å². The molecule has 150 valence electrons. The summed E-state index contributed by atoms with van der Waals surface area (Å²) in [4.78, 5) is 8.95. The fourth-order valence-corrected chi connectivity index (χ4v) is 3.65. The van der Waals surface area contributed by atoms with Crippen molar-refractivity contribution in [3.63, 3.8) is 0 Å². The number of aromatic nitrogens is 7. The Morgan fingerprint density at radius 3 is 2.69 bits per heavy atom. The Kier molecular flexibility index (Phi) is 5.59. The molecule has 1 aromatic carbocycles. The van der Waals surface area contributed by atoms with Gasteiger partial charge in [-0.15, -0.1) is 10.2 Å². The molecular formula is C21H26N8. The summed E-state index contributed by atoms with van der Waals surface area (Å²) in [5.41, 5.74) is 1.88. The van der Waals surface area contributed by atoms with Gasteiger partial charge in [0.2, 0.25) is 0 Å². The maximum Gasteiger partial charge on any atom is 0.189 e. The number of rotatable bonds is 8. The highest BCUT2D eigenvalue weighted by atomic mass is 15.5. The van der Waals surface area contributed by atoms with Gasteiger partial charge in [-0.05, 0) is 23.6 Å². The second-order valence-corrected chi connectivity index (χ2v) is 7.31. The number of hydrogen-bond acceptors (Lipinski definition) is 6. The number of allylic oxidation sites excluding steroid dienone is 1. The molecular weight excluding hydrogens is 364 g/mol. The molecule has 3 aromatic rings. The number of aryl methyl sites for hydroxylation is 2. The highest BCUT2D eigenvalue weighted by Gasteiger charge is 2.36. The molecule has 1 aliphatic heterocycles. The number of tetrazole rings is 1. The molecule has 0 saturated carbocycles. The van der Waals surface area contributed by atoms with Crippen molar-refractivity contribution in [1.82, 2.24) is 35.4 Å². The number of hydrogen-bond donors (Lipinski definition) is 1. The van der Waals surface area contributed by atoms with Gasteiger partial charge < -0.3 is 0 Å². The molecule has 2 aromatic heterocycles. The Hall–Kier alpha value is -3.16. The zero-order valence-electron chi connectivity index (χ0n) is 16.9. The lowest BCUT2D eigenvalue weighted by molar-refractivity contribution is 0.546. The molecule has 0 fully saturated rings. The standard InChI is InChI=1S/C21H26N8/c1-3-5-14-29-19(23-18(4-2)26-29)15-16-6-8-17(9-7-16)21(10-12-22-13-11-21)20-24-27-28-25-20/h6-10,12-13H,3-5,11,14-15H2,1-2H3,(H,24,25,27,28). The van der Waals surface area contributed by atoms with Gasteiger partial charge in [-0.1, -0.05) is 49.7 Å². The van der Waals surface area contributed by atoms with Gasteiger partial charge in [0, 0.05) is 38.2 Å². The molecule has 1 N–H and O–H groups in total. The maximum atomic E-state index is 4.73. The lowest BCUT2D eigenvalue weighted by Gasteiger charge is -2.28. The first-order valence-electron chi connectivity index (χ1n) is 10.2. The van der Waals surface area contributed by atoms with Crippen LogP contribution in [0.15, 0.2) is 41.5 Å². The quantitative estimate of drug-likeness (QED) is 0.637. The van der Waals surface area contributed by atoms with E-state index in [1.165, 1.54) is 5.56 Å². The van der Waals surface area contributed by atoms with Gasteiger partial charge in [0.1, 0.15) is 5.82 Å². The van der Waals surface area contributed by atoms with E-state index in [4.69, 9.17) is 4.98 Å². The van der Waals surface area contributed by atoms with Crippen molar-refractivity contribution in [2.24, 2.45) is 4.99 Å². The number of unbranched alkanes of at least 4 members (excludes halogenated alkanes) is 1. The van der Waals surface area contributed by atoms with Gasteiger partial charge in [-0.25, -0.2) is 9.67 Å². The first-order chi connectivity index (χ1) is 14.2. The molecule has 8 heteroatoms. The zero-order valence-corrected chi connectivity index (χ0v) is 16.9. The van der Waals surface area contributed by atoms with E-state index >= 15 is 0 Å². The van der Waals surface area contributed by atoms with Gasteiger partial charge in [0.25, 0.3) is 0 Å². The normalized spacial score (nSPS) is 18.4. The van der Waals surface area contributed by atoms with Gasteiger partial charge in [0.05, 0.1) is 5.41 Å². The van der Waals surface area contributed by atoms with Gasteiger partial charge in [-0.3, -0.25) is 4.99 Å². The van der Waals surface area contributed by atoms with Crippen LogP contribution in [0.1, 0.15) is 61.7 Å². The van der Waals surface area contributed by atoms with E-state index in [2.05, 4.69) is 73.5 Å². The summed E-state index contributed by atoms with van der Waals surface area (Å²) in [5.74, 6) is 2.59. The van der Waals surface area contributed by atoms with E-state index in [0.29, 0.717) is 12.2 Å². The lowest BCUT2D eigenvalue weighted by Crippen LogP contribution is -2.29. The van der Waals surface area contributed by atoms with Crippen LogP contribution in [0.3, 0.4) is 0 Å². The third kappa shape index (κ3) is 3.87.